The molecular weight excluding hydrogens is 240 g/mol. The minimum atomic E-state index is 0.704. The number of hydrogen-bond donors (Lipinski definition) is 1. The van der Waals surface area contributed by atoms with Crippen LogP contribution in [0.5, 0.6) is 0 Å². The molecule has 0 bridgehead atoms. The summed E-state index contributed by atoms with van der Waals surface area (Å²) in [5.41, 5.74) is 8.55. The van der Waals surface area contributed by atoms with Crippen molar-refractivity contribution in [1.82, 2.24) is 24.3 Å². The van der Waals surface area contributed by atoms with E-state index in [-0.39, 0.29) is 0 Å². The van der Waals surface area contributed by atoms with Gasteiger partial charge in [-0.2, -0.15) is 5.10 Å². The topological polar surface area (TPSA) is 74.5 Å². The number of nitrogens with two attached hydrogens (primary N) is 1. The Hall–Kier alpha value is -2.63. The molecule has 3 heterocycles. The quantitative estimate of drug-likeness (QED) is 0.764. The van der Waals surface area contributed by atoms with Crippen LogP contribution in [0.3, 0.4) is 0 Å². The predicted octanol–water partition coefficient (Wildman–Crippen LogP) is 1.42. The highest BCUT2D eigenvalue weighted by Crippen LogP contribution is 2.23. The highest BCUT2D eigenvalue weighted by Gasteiger charge is 2.08. The molecule has 19 heavy (non-hydrogen) atoms. The van der Waals surface area contributed by atoms with E-state index in [1.54, 1.807) is 37.2 Å². The summed E-state index contributed by atoms with van der Waals surface area (Å²) in [5, 5.41) is 4.18. The maximum atomic E-state index is 5.97. The highest BCUT2D eigenvalue weighted by atomic mass is 15.3. The molecule has 0 aliphatic carbocycles. The first-order chi connectivity index (χ1) is 9.34. The molecule has 0 aliphatic heterocycles. The normalized spacial score (nSPS) is 10.7. The van der Waals surface area contributed by atoms with Crippen LogP contribution < -0.4 is 5.73 Å². The van der Waals surface area contributed by atoms with E-state index in [0.717, 1.165) is 24.3 Å². The van der Waals surface area contributed by atoms with Crippen LogP contribution in [0.4, 0.5) is 5.69 Å². The molecule has 0 saturated carbocycles. The SMILES string of the molecule is Nc1ccncc1-c1cncn1CCn1cccn1. The Labute approximate surface area is 110 Å². The van der Waals surface area contributed by atoms with Crippen molar-refractivity contribution in [3.05, 3.63) is 49.4 Å². The second-order valence-corrected chi connectivity index (χ2v) is 4.20. The van der Waals surface area contributed by atoms with Crippen molar-refractivity contribution < 1.29 is 0 Å². The number of hydrogen-bond acceptors (Lipinski definition) is 4. The fraction of sp³-hybridized carbons (Fsp3) is 0.154. The van der Waals surface area contributed by atoms with Crippen LogP contribution in [0, 0.1) is 0 Å². The Morgan fingerprint density at radius 1 is 1.11 bits per heavy atom. The van der Waals surface area contributed by atoms with Crippen LogP contribution in [0.2, 0.25) is 0 Å². The second-order valence-electron chi connectivity index (χ2n) is 4.20. The highest BCUT2D eigenvalue weighted by molar-refractivity contribution is 5.72. The van der Waals surface area contributed by atoms with E-state index >= 15 is 0 Å². The van der Waals surface area contributed by atoms with Gasteiger partial charge in [-0.15, -0.1) is 0 Å². The van der Waals surface area contributed by atoms with Gasteiger partial charge in [0.2, 0.25) is 0 Å². The molecule has 0 aromatic carbocycles. The van der Waals surface area contributed by atoms with E-state index in [0.29, 0.717) is 5.69 Å². The van der Waals surface area contributed by atoms with Crippen LogP contribution >= 0.6 is 0 Å². The zero-order chi connectivity index (χ0) is 13.1. The lowest BCUT2D eigenvalue weighted by molar-refractivity contribution is 0.536. The fourth-order valence-corrected chi connectivity index (χ4v) is 1.99. The Kier molecular flexibility index (Phi) is 2.97. The third-order valence-corrected chi connectivity index (χ3v) is 2.97. The molecule has 3 aromatic rings. The molecule has 0 unspecified atom stereocenters. The van der Waals surface area contributed by atoms with Gasteiger partial charge in [-0.1, -0.05) is 0 Å². The van der Waals surface area contributed by atoms with Crippen LogP contribution in [-0.4, -0.2) is 24.3 Å². The smallest absolute Gasteiger partial charge is 0.0951 e. The van der Waals surface area contributed by atoms with Crippen molar-refractivity contribution >= 4 is 5.69 Å². The Bertz CT molecular complexity index is 655. The van der Waals surface area contributed by atoms with E-state index in [1.165, 1.54) is 0 Å². The first kappa shape index (κ1) is 11.5. The van der Waals surface area contributed by atoms with Gasteiger partial charge in [-0.25, -0.2) is 4.98 Å². The van der Waals surface area contributed by atoms with Gasteiger partial charge in [0.05, 0.1) is 24.8 Å². The summed E-state index contributed by atoms with van der Waals surface area (Å²) in [5.74, 6) is 0. The molecule has 0 spiro atoms. The zero-order valence-corrected chi connectivity index (χ0v) is 10.3. The number of anilines is 1. The molecule has 3 rings (SSSR count). The number of nitrogen functional groups attached to an aromatic ring is 1. The molecule has 0 aliphatic rings. The van der Waals surface area contributed by atoms with E-state index < -0.39 is 0 Å². The van der Waals surface area contributed by atoms with Crippen LogP contribution in [0.25, 0.3) is 11.3 Å². The van der Waals surface area contributed by atoms with Gasteiger partial charge in [-0.05, 0) is 12.1 Å². The van der Waals surface area contributed by atoms with Crippen molar-refractivity contribution in [3.63, 3.8) is 0 Å². The summed E-state index contributed by atoms with van der Waals surface area (Å²) in [7, 11) is 0. The number of imidazole rings is 1. The molecule has 0 atom stereocenters. The zero-order valence-electron chi connectivity index (χ0n) is 10.3. The third kappa shape index (κ3) is 2.33. The lowest BCUT2D eigenvalue weighted by Gasteiger charge is -2.09. The minimum absolute atomic E-state index is 0.704. The van der Waals surface area contributed by atoms with Gasteiger partial charge in [0.1, 0.15) is 0 Å². The number of aryl methyl sites for hydroxylation is 2. The van der Waals surface area contributed by atoms with E-state index in [2.05, 4.69) is 19.6 Å². The first-order valence-electron chi connectivity index (χ1n) is 6.02. The molecular formula is C13H14N6. The average molecular weight is 254 g/mol. The number of rotatable bonds is 4. The first-order valence-corrected chi connectivity index (χ1v) is 6.02. The van der Waals surface area contributed by atoms with Crippen LogP contribution in [0.15, 0.2) is 49.4 Å². The monoisotopic (exact) mass is 254 g/mol. The summed E-state index contributed by atoms with van der Waals surface area (Å²) in [4.78, 5) is 8.30. The lowest BCUT2D eigenvalue weighted by atomic mass is 10.2. The summed E-state index contributed by atoms with van der Waals surface area (Å²) >= 11 is 0. The van der Waals surface area contributed by atoms with Crippen LogP contribution in [0.1, 0.15) is 0 Å². The molecule has 2 N–H and O–H groups in total. The Balaban J connectivity index is 1.84. The van der Waals surface area contributed by atoms with Gasteiger partial charge >= 0.3 is 0 Å². The second kappa shape index (κ2) is 4.93. The van der Waals surface area contributed by atoms with E-state index in [4.69, 9.17) is 5.73 Å². The van der Waals surface area contributed by atoms with Crippen molar-refractivity contribution in [1.29, 1.82) is 0 Å². The number of nitrogens with zero attached hydrogens (tertiary/aromatic N) is 5. The van der Waals surface area contributed by atoms with Gasteiger partial charge in [0.25, 0.3) is 0 Å². The fourth-order valence-electron chi connectivity index (χ4n) is 1.99. The maximum Gasteiger partial charge on any atom is 0.0951 e. The Morgan fingerprint density at radius 2 is 2.05 bits per heavy atom. The molecule has 0 saturated heterocycles. The number of pyridine rings is 1. The van der Waals surface area contributed by atoms with Crippen molar-refractivity contribution in [2.45, 2.75) is 13.1 Å². The molecule has 96 valence electrons. The average Bonchev–Trinajstić information content (AvgIpc) is 3.08. The van der Waals surface area contributed by atoms with E-state index in [1.807, 2.05) is 16.9 Å². The summed E-state index contributed by atoms with van der Waals surface area (Å²) in [6.45, 7) is 1.57. The van der Waals surface area contributed by atoms with Crippen molar-refractivity contribution in [2.24, 2.45) is 0 Å². The van der Waals surface area contributed by atoms with Gasteiger partial charge in [0, 0.05) is 42.6 Å². The Morgan fingerprint density at radius 3 is 2.84 bits per heavy atom. The summed E-state index contributed by atoms with van der Waals surface area (Å²) in [6.07, 6.45) is 10.8. The van der Waals surface area contributed by atoms with E-state index in [9.17, 15) is 0 Å². The molecule has 0 fully saturated rings. The van der Waals surface area contributed by atoms with Crippen LogP contribution in [-0.2, 0) is 13.1 Å². The molecule has 6 heteroatoms. The number of aromatic nitrogens is 5. The molecule has 3 aromatic heterocycles. The largest absolute Gasteiger partial charge is 0.398 e. The van der Waals surface area contributed by atoms with Crippen molar-refractivity contribution in [2.75, 3.05) is 5.73 Å². The molecule has 6 nitrogen and oxygen atoms in total. The standard InChI is InChI=1S/C13H14N6/c14-12-2-4-15-8-11(12)13-9-16-10-18(13)6-7-19-5-1-3-17-19/h1-5,8-10H,6-7H2,(H2,14,15). The predicted molar refractivity (Wildman–Crippen MR) is 72.1 cm³/mol. The van der Waals surface area contributed by atoms with Gasteiger partial charge in [-0.3, -0.25) is 9.67 Å². The maximum absolute atomic E-state index is 5.97. The molecule has 0 amide bonds. The minimum Gasteiger partial charge on any atom is -0.398 e. The van der Waals surface area contributed by atoms with Gasteiger partial charge in [0.15, 0.2) is 0 Å². The third-order valence-electron chi connectivity index (χ3n) is 2.97. The van der Waals surface area contributed by atoms with Gasteiger partial charge < -0.3 is 10.3 Å². The lowest BCUT2D eigenvalue weighted by Crippen LogP contribution is -2.08. The van der Waals surface area contributed by atoms with Crippen molar-refractivity contribution in [3.8, 4) is 11.3 Å². The summed E-state index contributed by atoms with van der Waals surface area (Å²) < 4.78 is 3.94. The summed E-state index contributed by atoms with van der Waals surface area (Å²) in [6, 6.07) is 3.70. The molecule has 0 radical (unpaired) electrons.